The highest BCUT2D eigenvalue weighted by Gasteiger charge is 2.20. The third kappa shape index (κ3) is 5.38. The Balaban J connectivity index is 1.57. The maximum atomic E-state index is 14.7. The van der Waals surface area contributed by atoms with Gasteiger partial charge in [0.2, 0.25) is 0 Å². The number of aromatic nitrogens is 4. The molecule has 0 saturated carbocycles. The summed E-state index contributed by atoms with van der Waals surface area (Å²) in [5.41, 5.74) is 11.2. The first-order chi connectivity index (χ1) is 16.4. The van der Waals surface area contributed by atoms with E-state index in [1.165, 1.54) is 12.3 Å². The minimum absolute atomic E-state index is 0.0495. The fourth-order valence-electron chi connectivity index (χ4n) is 3.52. The van der Waals surface area contributed by atoms with Crippen LogP contribution < -0.4 is 27.0 Å². The number of carbonyl (C=O) groups is 1. The standard InChI is InChI=1S/C21H25F2N9O2/c22-16-9-15(18(25)33)19(30-20(16)29-14(10-24)12-32-3-1-2-27-32)28-13-8-17(23)21(26-11-13)31-4-6-34-7-5-31/h1-3,8-9,11,14H,4-7,10,12,24H2,(H2,25,33)(H2,28,29,30)/t14-/m0/s1. The van der Waals surface area contributed by atoms with Crippen LogP contribution >= 0.6 is 0 Å². The second-order valence-corrected chi connectivity index (χ2v) is 7.64. The quantitative estimate of drug-likeness (QED) is 0.358. The monoisotopic (exact) mass is 473 g/mol. The molecule has 34 heavy (non-hydrogen) atoms. The summed E-state index contributed by atoms with van der Waals surface area (Å²) in [6.07, 6.45) is 4.77. The average Bonchev–Trinajstić information content (AvgIpc) is 3.34. The molecule has 3 aromatic rings. The van der Waals surface area contributed by atoms with Gasteiger partial charge in [-0.25, -0.2) is 18.7 Å². The van der Waals surface area contributed by atoms with Crippen molar-refractivity contribution >= 4 is 29.0 Å². The second kappa shape index (κ2) is 10.4. The predicted molar refractivity (Wildman–Crippen MR) is 122 cm³/mol. The molecule has 1 fully saturated rings. The molecular weight excluding hydrogens is 448 g/mol. The number of primary amides is 1. The first-order valence-corrected chi connectivity index (χ1v) is 10.6. The Labute approximate surface area is 194 Å². The van der Waals surface area contributed by atoms with Crippen molar-refractivity contribution in [1.82, 2.24) is 19.7 Å². The van der Waals surface area contributed by atoms with Gasteiger partial charge in [0.25, 0.3) is 5.91 Å². The first-order valence-electron chi connectivity index (χ1n) is 10.6. The molecule has 4 heterocycles. The normalized spacial score (nSPS) is 14.6. The van der Waals surface area contributed by atoms with E-state index in [2.05, 4.69) is 25.7 Å². The van der Waals surface area contributed by atoms with Crippen molar-refractivity contribution in [1.29, 1.82) is 0 Å². The maximum Gasteiger partial charge on any atom is 0.252 e. The summed E-state index contributed by atoms with van der Waals surface area (Å²) >= 11 is 0. The Bertz CT molecular complexity index is 1140. The highest BCUT2D eigenvalue weighted by molar-refractivity contribution is 5.98. The lowest BCUT2D eigenvalue weighted by atomic mass is 10.2. The Morgan fingerprint density at radius 3 is 2.65 bits per heavy atom. The highest BCUT2D eigenvalue weighted by Crippen LogP contribution is 2.26. The van der Waals surface area contributed by atoms with Crippen molar-refractivity contribution in [3.63, 3.8) is 0 Å². The fraction of sp³-hybridized carbons (Fsp3) is 0.333. The van der Waals surface area contributed by atoms with Crippen molar-refractivity contribution in [2.45, 2.75) is 12.6 Å². The van der Waals surface area contributed by atoms with Gasteiger partial charge in [0.1, 0.15) is 5.82 Å². The van der Waals surface area contributed by atoms with Crippen LogP contribution in [0.3, 0.4) is 0 Å². The SMILES string of the molecule is NC[C@@H](Cn1cccn1)Nc1nc(Nc2cnc(N3CCOCC3)c(F)c2)c(C(N)=O)cc1F. The summed E-state index contributed by atoms with van der Waals surface area (Å²) in [6.45, 7) is 2.56. The molecule has 0 aliphatic carbocycles. The van der Waals surface area contributed by atoms with Crippen LogP contribution in [0.15, 0.2) is 36.8 Å². The summed E-state index contributed by atoms with van der Waals surface area (Å²) in [5, 5.41) is 9.84. The van der Waals surface area contributed by atoms with Crippen molar-refractivity contribution in [2.24, 2.45) is 11.5 Å². The number of nitrogens with two attached hydrogens (primary N) is 2. The molecule has 4 rings (SSSR count). The summed E-state index contributed by atoms with van der Waals surface area (Å²) < 4.78 is 36.4. The number of morpholine rings is 1. The predicted octanol–water partition coefficient (Wildman–Crippen LogP) is 1.07. The fourth-order valence-corrected chi connectivity index (χ4v) is 3.52. The average molecular weight is 473 g/mol. The molecule has 0 aromatic carbocycles. The van der Waals surface area contributed by atoms with Gasteiger partial charge in [-0.1, -0.05) is 0 Å². The highest BCUT2D eigenvalue weighted by atomic mass is 19.1. The van der Waals surface area contributed by atoms with E-state index >= 15 is 0 Å². The molecule has 0 spiro atoms. The molecule has 1 amide bonds. The van der Waals surface area contributed by atoms with Gasteiger partial charge >= 0.3 is 0 Å². The summed E-state index contributed by atoms with van der Waals surface area (Å²) in [4.78, 5) is 22.1. The second-order valence-electron chi connectivity index (χ2n) is 7.64. The zero-order chi connectivity index (χ0) is 24.1. The lowest BCUT2D eigenvalue weighted by molar-refractivity contribution is 0.100. The Morgan fingerprint density at radius 1 is 1.21 bits per heavy atom. The van der Waals surface area contributed by atoms with Crippen LogP contribution in [0, 0.1) is 11.6 Å². The molecule has 0 unspecified atom stereocenters. The number of amides is 1. The van der Waals surface area contributed by atoms with E-state index in [0.717, 1.165) is 6.07 Å². The topological polar surface area (TPSA) is 149 Å². The number of hydrogen-bond acceptors (Lipinski definition) is 9. The zero-order valence-corrected chi connectivity index (χ0v) is 18.2. The maximum absolute atomic E-state index is 14.7. The van der Waals surface area contributed by atoms with Gasteiger partial charge in [-0.2, -0.15) is 5.10 Å². The number of nitrogens with one attached hydrogen (secondary N) is 2. The van der Waals surface area contributed by atoms with Gasteiger partial charge in [0.05, 0.1) is 43.2 Å². The van der Waals surface area contributed by atoms with Crippen LogP contribution in [0.5, 0.6) is 0 Å². The minimum Gasteiger partial charge on any atom is -0.378 e. The van der Waals surface area contributed by atoms with Crippen molar-refractivity contribution in [3.8, 4) is 0 Å². The minimum atomic E-state index is -0.897. The van der Waals surface area contributed by atoms with E-state index < -0.39 is 23.6 Å². The van der Waals surface area contributed by atoms with Gasteiger partial charge in [-0.3, -0.25) is 9.48 Å². The Hall–Kier alpha value is -3.84. The van der Waals surface area contributed by atoms with Gasteiger partial charge in [0.15, 0.2) is 23.3 Å². The van der Waals surface area contributed by atoms with Crippen LogP contribution in [0.25, 0.3) is 0 Å². The van der Waals surface area contributed by atoms with E-state index in [0.29, 0.717) is 32.8 Å². The number of hydrogen-bond donors (Lipinski definition) is 4. The first kappa shape index (κ1) is 23.3. The third-order valence-electron chi connectivity index (χ3n) is 5.23. The third-order valence-corrected chi connectivity index (χ3v) is 5.23. The number of pyridine rings is 2. The molecule has 0 bridgehead atoms. The largest absolute Gasteiger partial charge is 0.378 e. The molecule has 13 heteroatoms. The van der Waals surface area contributed by atoms with E-state index in [9.17, 15) is 13.6 Å². The Morgan fingerprint density at radius 2 is 2.00 bits per heavy atom. The van der Waals surface area contributed by atoms with Gasteiger partial charge in [-0.05, 0) is 12.1 Å². The van der Waals surface area contributed by atoms with Gasteiger partial charge in [-0.15, -0.1) is 0 Å². The van der Waals surface area contributed by atoms with E-state index in [1.807, 2.05) is 0 Å². The van der Waals surface area contributed by atoms with E-state index in [1.54, 1.807) is 28.0 Å². The molecule has 3 aromatic heterocycles. The molecule has 1 aliphatic heterocycles. The number of ether oxygens (including phenoxy) is 1. The van der Waals surface area contributed by atoms with Crippen LogP contribution in [-0.2, 0) is 11.3 Å². The molecule has 0 radical (unpaired) electrons. The molecule has 6 N–H and O–H groups in total. The van der Waals surface area contributed by atoms with Crippen LogP contribution in [0.2, 0.25) is 0 Å². The smallest absolute Gasteiger partial charge is 0.252 e. The molecule has 1 aliphatic rings. The lowest BCUT2D eigenvalue weighted by Crippen LogP contribution is -2.37. The van der Waals surface area contributed by atoms with Crippen LogP contribution in [-0.4, -0.2) is 64.5 Å². The Kier molecular flexibility index (Phi) is 7.13. The number of halogens is 2. The van der Waals surface area contributed by atoms with Crippen LogP contribution in [0.1, 0.15) is 10.4 Å². The molecule has 11 nitrogen and oxygen atoms in total. The number of anilines is 4. The number of rotatable bonds is 9. The molecule has 1 atom stereocenters. The van der Waals surface area contributed by atoms with Crippen molar-refractivity contribution < 1.29 is 18.3 Å². The van der Waals surface area contributed by atoms with Crippen LogP contribution in [0.4, 0.5) is 31.9 Å². The van der Waals surface area contributed by atoms with Crippen molar-refractivity contribution in [2.75, 3.05) is 48.4 Å². The molecular formula is C21H25F2N9O2. The summed E-state index contributed by atoms with van der Waals surface area (Å²) in [6, 6.07) is 3.54. The van der Waals surface area contributed by atoms with Gasteiger partial charge in [0, 0.05) is 38.1 Å². The summed E-state index contributed by atoms with van der Waals surface area (Å²) in [7, 11) is 0. The number of nitrogens with zero attached hydrogens (tertiary/aromatic N) is 5. The molecule has 1 saturated heterocycles. The molecule has 180 valence electrons. The van der Waals surface area contributed by atoms with E-state index in [-0.39, 0.29) is 35.2 Å². The van der Waals surface area contributed by atoms with Gasteiger partial charge < -0.3 is 31.7 Å². The van der Waals surface area contributed by atoms with Crippen molar-refractivity contribution in [3.05, 3.63) is 54.0 Å². The lowest BCUT2D eigenvalue weighted by Gasteiger charge is -2.28. The summed E-state index contributed by atoms with van der Waals surface area (Å²) in [5.74, 6) is -2.24. The number of carbonyl (C=O) groups excluding carboxylic acids is 1. The zero-order valence-electron chi connectivity index (χ0n) is 18.2. The van der Waals surface area contributed by atoms with E-state index in [4.69, 9.17) is 16.2 Å².